The molecule has 1 aromatic rings. The fourth-order valence-electron chi connectivity index (χ4n) is 1.41. The van der Waals surface area contributed by atoms with Crippen LogP contribution in [0.4, 0.5) is 0 Å². The minimum atomic E-state index is 0.540. The second-order valence-electron chi connectivity index (χ2n) is 3.61. The van der Waals surface area contributed by atoms with Gasteiger partial charge in [0.2, 0.25) is 0 Å². The Kier molecular flexibility index (Phi) is 16.6. The molecule has 0 saturated carbocycles. The van der Waals surface area contributed by atoms with E-state index in [2.05, 4.69) is 6.58 Å². The zero-order valence-electron chi connectivity index (χ0n) is 14.2. The van der Waals surface area contributed by atoms with E-state index in [1.165, 1.54) is 0 Å². The van der Waals surface area contributed by atoms with Crippen molar-refractivity contribution < 1.29 is 4.74 Å². The van der Waals surface area contributed by atoms with Gasteiger partial charge in [-0.1, -0.05) is 70.7 Å². The topological polar surface area (TPSA) is 35.2 Å². The van der Waals surface area contributed by atoms with Crippen LogP contribution in [0.25, 0.3) is 0 Å². The van der Waals surface area contributed by atoms with E-state index in [0.717, 1.165) is 16.9 Å². The van der Waals surface area contributed by atoms with E-state index in [-0.39, 0.29) is 0 Å². The average molecular weight is 289 g/mol. The molecule has 0 amide bonds. The molecule has 2 N–H and O–H groups in total. The van der Waals surface area contributed by atoms with E-state index in [0.29, 0.717) is 13.2 Å². The average Bonchev–Trinajstić information content (AvgIpc) is 2.57. The van der Waals surface area contributed by atoms with Gasteiger partial charge in [-0.2, -0.15) is 0 Å². The van der Waals surface area contributed by atoms with Crippen molar-refractivity contribution in [3.05, 3.63) is 66.3 Å². The van der Waals surface area contributed by atoms with Gasteiger partial charge in [0.05, 0.1) is 0 Å². The molecule has 0 aliphatic carbocycles. The molecule has 0 unspecified atom stereocenters. The fourth-order valence-corrected chi connectivity index (χ4v) is 1.41. The van der Waals surface area contributed by atoms with Crippen LogP contribution in [0.2, 0.25) is 0 Å². The van der Waals surface area contributed by atoms with E-state index < -0.39 is 0 Å². The largest absolute Gasteiger partial charge is 0.489 e. The van der Waals surface area contributed by atoms with Gasteiger partial charge in [-0.05, 0) is 30.2 Å². The lowest BCUT2D eigenvalue weighted by Crippen LogP contribution is -2.00. The molecule has 0 aromatic heterocycles. The van der Waals surface area contributed by atoms with Crippen LogP contribution in [0.3, 0.4) is 0 Å². The van der Waals surface area contributed by atoms with E-state index in [9.17, 15) is 0 Å². The molecule has 0 atom stereocenters. The lowest BCUT2D eigenvalue weighted by atomic mass is 10.2. The summed E-state index contributed by atoms with van der Waals surface area (Å²) in [5.41, 5.74) is 7.72. The molecule has 0 spiro atoms. The minimum absolute atomic E-state index is 0.540. The summed E-state index contributed by atoms with van der Waals surface area (Å²) in [7, 11) is 0. The Hall–Kier alpha value is -1.80. The second-order valence-corrected chi connectivity index (χ2v) is 3.61. The lowest BCUT2D eigenvalue weighted by molar-refractivity contribution is 0.355. The Bertz CT molecular complexity index is 402. The third-order valence-electron chi connectivity index (χ3n) is 2.28. The first kappa shape index (κ1) is 21.5. The molecule has 2 heteroatoms. The number of benzene rings is 1. The molecule has 1 aromatic carbocycles. The van der Waals surface area contributed by atoms with Crippen LogP contribution in [0.5, 0.6) is 5.75 Å². The summed E-state index contributed by atoms with van der Waals surface area (Å²) in [5.74, 6) is 0.849. The maximum absolute atomic E-state index is 5.66. The first-order valence-corrected chi connectivity index (χ1v) is 7.66. The van der Waals surface area contributed by atoms with Crippen molar-refractivity contribution >= 4 is 0 Å². The van der Waals surface area contributed by atoms with Gasteiger partial charge in [0.25, 0.3) is 0 Å². The first-order valence-electron chi connectivity index (χ1n) is 7.66. The minimum Gasteiger partial charge on any atom is -0.489 e. The highest BCUT2D eigenvalue weighted by Crippen LogP contribution is 2.13. The highest BCUT2D eigenvalue weighted by molar-refractivity contribution is 5.29. The van der Waals surface area contributed by atoms with Gasteiger partial charge < -0.3 is 10.5 Å². The van der Waals surface area contributed by atoms with Crippen LogP contribution in [-0.2, 0) is 6.54 Å². The lowest BCUT2D eigenvalue weighted by Gasteiger charge is -2.07. The first-order chi connectivity index (χ1) is 10.3. The van der Waals surface area contributed by atoms with Gasteiger partial charge in [0.1, 0.15) is 12.4 Å². The Morgan fingerprint density at radius 1 is 1.14 bits per heavy atom. The van der Waals surface area contributed by atoms with E-state index >= 15 is 0 Å². The van der Waals surface area contributed by atoms with Gasteiger partial charge in [-0.25, -0.2) is 0 Å². The second kappa shape index (κ2) is 16.3. The maximum Gasteiger partial charge on any atom is 0.119 e. The molecule has 0 fully saturated rings. The molecule has 0 saturated heterocycles. The summed E-state index contributed by atoms with van der Waals surface area (Å²) in [5, 5.41) is 0. The Labute approximate surface area is 131 Å². The SMILES string of the molecule is C=C/C=C(\C=C/C)COc1ccc(CN)cc1.CC.CC. The highest BCUT2D eigenvalue weighted by atomic mass is 16.5. The van der Waals surface area contributed by atoms with Gasteiger partial charge in [0.15, 0.2) is 0 Å². The molecular formula is C19H31NO. The van der Waals surface area contributed by atoms with Crippen molar-refractivity contribution in [2.75, 3.05) is 6.61 Å². The third-order valence-corrected chi connectivity index (χ3v) is 2.28. The summed E-state index contributed by atoms with van der Waals surface area (Å²) < 4.78 is 5.66. The van der Waals surface area contributed by atoms with Crippen LogP contribution < -0.4 is 10.5 Å². The van der Waals surface area contributed by atoms with Crippen LogP contribution >= 0.6 is 0 Å². The van der Waals surface area contributed by atoms with Gasteiger partial charge >= 0.3 is 0 Å². The van der Waals surface area contributed by atoms with Crippen LogP contribution in [0.1, 0.15) is 40.2 Å². The standard InChI is InChI=1S/C15H19NO.2C2H6/c1-3-5-14(6-4-2)12-17-15-9-7-13(11-16)8-10-15;2*1-2/h3-10H,1,11-12,16H2,2H3;2*1-2H3/b6-4-,14-5+;;. The van der Waals surface area contributed by atoms with Crippen LogP contribution in [0, 0.1) is 0 Å². The van der Waals surface area contributed by atoms with Gasteiger partial charge in [0, 0.05) is 6.54 Å². The van der Waals surface area contributed by atoms with Gasteiger partial charge in [-0.15, -0.1) is 0 Å². The molecule has 0 radical (unpaired) electrons. The number of allylic oxidation sites excluding steroid dienone is 3. The summed E-state index contributed by atoms with van der Waals surface area (Å²) in [6.45, 7) is 14.8. The Morgan fingerprint density at radius 3 is 2.14 bits per heavy atom. The number of hydrogen-bond donors (Lipinski definition) is 1. The zero-order chi connectivity index (χ0) is 16.5. The normalized spacial score (nSPS) is 10.1. The number of ether oxygens (including phenoxy) is 1. The molecule has 1 rings (SSSR count). The van der Waals surface area contributed by atoms with E-state index in [4.69, 9.17) is 10.5 Å². The van der Waals surface area contributed by atoms with Crippen molar-refractivity contribution in [2.24, 2.45) is 5.73 Å². The zero-order valence-corrected chi connectivity index (χ0v) is 14.2. The predicted octanol–water partition coefficient (Wildman–Crippen LogP) is 5.27. The number of rotatable bonds is 6. The summed E-state index contributed by atoms with van der Waals surface area (Å²) >= 11 is 0. The molecule has 21 heavy (non-hydrogen) atoms. The van der Waals surface area contributed by atoms with Crippen LogP contribution in [-0.4, -0.2) is 6.61 Å². The summed E-state index contributed by atoms with van der Waals surface area (Å²) in [6.07, 6.45) is 7.69. The quantitative estimate of drug-likeness (QED) is 0.724. The smallest absolute Gasteiger partial charge is 0.119 e. The van der Waals surface area contributed by atoms with Crippen molar-refractivity contribution in [3.63, 3.8) is 0 Å². The van der Waals surface area contributed by atoms with Crippen LogP contribution in [0.15, 0.2) is 60.7 Å². The molecule has 0 aliphatic rings. The van der Waals surface area contributed by atoms with Gasteiger partial charge in [-0.3, -0.25) is 0 Å². The van der Waals surface area contributed by atoms with Crippen molar-refractivity contribution in [1.29, 1.82) is 0 Å². The Balaban J connectivity index is 0. The van der Waals surface area contributed by atoms with E-state index in [1.807, 2.05) is 77.1 Å². The highest BCUT2D eigenvalue weighted by Gasteiger charge is 1.96. The molecule has 0 aliphatic heterocycles. The molecule has 2 nitrogen and oxygen atoms in total. The number of nitrogens with two attached hydrogens (primary N) is 1. The van der Waals surface area contributed by atoms with Crippen molar-refractivity contribution in [2.45, 2.75) is 41.2 Å². The molecule has 0 bridgehead atoms. The summed E-state index contributed by atoms with van der Waals surface area (Å²) in [6, 6.07) is 7.82. The monoisotopic (exact) mass is 289 g/mol. The molecule has 118 valence electrons. The number of hydrogen-bond acceptors (Lipinski definition) is 2. The molecule has 0 heterocycles. The fraction of sp³-hybridized carbons (Fsp3) is 0.368. The van der Waals surface area contributed by atoms with E-state index in [1.54, 1.807) is 6.08 Å². The van der Waals surface area contributed by atoms with Crippen molar-refractivity contribution in [3.8, 4) is 5.75 Å². The molecular weight excluding hydrogens is 258 g/mol. The summed E-state index contributed by atoms with van der Waals surface area (Å²) in [4.78, 5) is 0. The third kappa shape index (κ3) is 10.6. The Morgan fingerprint density at radius 2 is 1.71 bits per heavy atom. The predicted molar refractivity (Wildman–Crippen MR) is 95.6 cm³/mol. The maximum atomic E-state index is 5.66. The van der Waals surface area contributed by atoms with Crippen molar-refractivity contribution in [1.82, 2.24) is 0 Å².